The van der Waals surface area contributed by atoms with E-state index in [0.717, 1.165) is 29.0 Å². The minimum atomic E-state index is -0.312. The maximum Gasteiger partial charge on any atom is 0.279 e. The van der Waals surface area contributed by atoms with Crippen LogP contribution >= 0.6 is 11.3 Å². The third-order valence-corrected chi connectivity index (χ3v) is 5.79. The first-order valence-electron chi connectivity index (χ1n) is 9.88. The summed E-state index contributed by atoms with van der Waals surface area (Å²) >= 11 is 1.31. The molecule has 2 aromatic carbocycles. The number of aromatic nitrogens is 1. The molecule has 0 atom stereocenters. The number of rotatable bonds is 8. The molecule has 1 amide bonds. The van der Waals surface area contributed by atoms with Crippen LogP contribution in [0, 0.1) is 5.82 Å². The Morgan fingerprint density at radius 1 is 1.14 bits per heavy atom. The van der Waals surface area contributed by atoms with Crippen LogP contribution in [0.5, 0.6) is 0 Å². The number of hydrogen-bond donors (Lipinski definition) is 0. The lowest BCUT2D eigenvalue weighted by Crippen LogP contribution is -2.21. The smallest absolute Gasteiger partial charge is 0.279 e. The Morgan fingerprint density at radius 3 is 2.52 bits per heavy atom. The van der Waals surface area contributed by atoms with Crippen molar-refractivity contribution in [1.29, 1.82) is 0 Å². The fraction of sp³-hybridized carbons (Fsp3) is 0.364. The van der Waals surface area contributed by atoms with Gasteiger partial charge in [-0.3, -0.25) is 4.79 Å². The number of fused-ring (bicyclic) bond motifs is 1. The molecule has 0 unspecified atom stereocenters. The standard InChI is InChI=1S/C22H26FN3O2S/c1-4-25(5-2)18-10-7-16(8-11-18)21(27)24-22-26(13-14-28-6-3)19-12-9-17(23)15-20(19)29-22/h7-12,15H,4-6,13-14H2,1-3H3. The molecule has 3 rings (SSSR count). The topological polar surface area (TPSA) is 46.8 Å². The largest absolute Gasteiger partial charge is 0.380 e. The van der Waals surface area contributed by atoms with Crippen LogP contribution in [0.3, 0.4) is 0 Å². The first-order valence-corrected chi connectivity index (χ1v) is 10.7. The van der Waals surface area contributed by atoms with Crippen molar-refractivity contribution in [1.82, 2.24) is 4.57 Å². The molecule has 0 saturated heterocycles. The monoisotopic (exact) mass is 415 g/mol. The van der Waals surface area contributed by atoms with E-state index in [1.807, 2.05) is 23.6 Å². The van der Waals surface area contributed by atoms with Gasteiger partial charge in [-0.1, -0.05) is 11.3 Å². The van der Waals surface area contributed by atoms with Gasteiger partial charge in [-0.05, 0) is 63.2 Å². The summed E-state index contributed by atoms with van der Waals surface area (Å²) in [6, 6.07) is 12.1. The Labute approximate surface area is 174 Å². The summed E-state index contributed by atoms with van der Waals surface area (Å²) in [5.41, 5.74) is 2.45. The van der Waals surface area contributed by atoms with Crippen molar-refractivity contribution < 1.29 is 13.9 Å². The van der Waals surface area contributed by atoms with E-state index >= 15 is 0 Å². The second-order valence-electron chi connectivity index (χ2n) is 6.48. The van der Waals surface area contributed by atoms with Gasteiger partial charge >= 0.3 is 0 Å². The van der Waals surface area contributed by atoms with E-state index in [9.17, 15) is 9.18 Å². The molecule has 0 fully saturated rings. The number of ether oxygens (including phenoxy) is 1. The molecule has 0 aliphatic heterocycles. The highest BCUT2D eigenvalue weighted by Gasteiger charge is 2.11. The summed E-state index contributed by atoms with van der Waals surface area (Å²) in [6.07, 6.45) is 0. The zero-order chi connectivity index (χ0) is 20.8. The molecule has 0 bridgehead atoms. The van der Waals surface area contributed by atoms with Crippen LogP contribution in [0.4, 0.5) is 10.1 Å². The van der Waals surface area contributed by atoms with Crippen LogP contribution in [0.1, 0.15) is 31.1 Å². The molecular weight excluding hydrogens is 389 g/mol. The summed E-state index contributed by atoms with van der Waals surface area (Å²) in [4.78, 5) is 19.9. The molecule has 1 aromatic heterocycles. The van der Waals surface area contributed by atoms with E-state index in [0.29, 0.717) is 30.1 Å². The van der Waals surface area contributed by atoms with Gasteiger partial charge in [0.1, 0.15) is 5.82 Å². The Hall–Kier alpha value is -2.51. The number of benzene rings is 2. The predicted molar refractivity (Wildman–Crippen MR) is 116 cm³/mol. The molecule has 0 N–H and O–H groups in total. The summed E-state index contributed by atoms with van der Waals surface area (Å²) in [7, 11) is 0. The van der Waals surface area contributed by atoms with E-state index in [1.54, 1.807) is 18.2 Å². The molecule has 0 aliphatic rings. The van der Waals surface area contributed by atoms with Crippen molar-refractivity contribution in [2.24, 2.45) is 4.99 Å². The highest BCUT2D eigenvalue weighted by Crippen LogP contribution is 2.19. The van der Waals surface area contributed by atoms with E-state index in [4.69, 9.17) is 4.74 Å². The molecule has 154 valence electrons. The third kappa shape index (κ3) is 4.92. The average Bonchev–Trinajstić information content (AvgIpc) is 3.05. The number of halogens is 1. The summed E-state index contributed by atoms with van der Waals surface area (Å²) in [6.45, 7) is 9.61. The second kappa shape index (κ2) is 9.80. The Bertz CT molecular complexity index is 1040. The average molecular weight is 416 g/mol. The lowest BCUT2D eigenvalue weighted by molar-refractivity contribution is 0.0996. The molecule has 0 spiro atoms. The van der Waals surface area contributed by atoms with Crippen molar-refractivity contribution in [2.45, 2.75) is 27.3 Å². The molecule has 0 aliphatic carbocycles. The molecule has 0 radical (unpaired) electrons. The first-order chi connectivity index (χ1) is 14.1. The lowest BCUT2D eigenvalue weighted by Gasteiger charge is -2.20. The first kappa shape index (κ1) is 21.2. The number of carbonyl (C=O) groups excluding carboxylic acids is 1. The minimum Gasteiger partial charge on any atom is -0.380 e. The number of nitrogens with zero attached hydrogens (tertiary/aromatic N) is 3. The van der Waals surface area contributed by atoms with Crippen LogP contribution in [-0.2, 0) is 11.3 Å². The Balaban J connectivity index is 1.95. The molecule has 0 saturated carbocycles. The van der Waals surface area contributed by atoms with Crippen molar-refractivity contribution in [3.05, 3.63) is 58.6 Å². The Morgan fingerprint density at radius 2 is 1.86 bits per heavy atom. The highest BCUT2D eigenvalue weighted by molar-refractivity contribution is 7.16. The number of amides is 1. The number of hydrogen-bond acceptors (Lipinski definition) is 4. The van der Waals surface area contributed by atoms with Gasteiger partial charge in [0.2, 0.25) is 0 Å². The summed E-state index contributed by atoms with van der Waals surface area (Å²) in [5, 5.41) is 0. The third-order valence-electron chi connectivity index (χ3n) is 4.75. The second-order valence-corrected chi connectivity index (χ2v) is 7.49. The lowest BCUT2D eigenvalue weighted by atomic mass is 10.2. The van der Waals surface area contributed by atoms with E-state index < -0.39 is 0 Å². The van der Waals surface area contributed by atoms with E-state index in [-0.39, 0.29) is 11.7 Å². The van der Waals surface area contributed by atoms with Gasteiger partial charge < -0.3 is 14.2 Å². The van der Waals surface area contributed by atoms with Crippen LogP contribution < -0.4 is 9.70 Å². The van der Waals surface area contributed by atoms with Crippen molar-refractivity contribution in [3.63, 3.8) is 0 Å². The fourth-order valence-electron chi connectivity index (χ4n) is 3.20. The van der Waals surface area contributed by atoms with E-state index in [2.05, 4.69) is 23.7 Å². The van der Waals surface area contributed by atoms with E-state index in [1.165, 1.54) is 23.5 Å². The van der Waals surface area contributed by atoms with Gasteiger partial charge in [-0.25, -0.2) is 4.39 Å². The molecule has 3 aromatic rings. The van der Waals surface area contributed by atoms with Gasteiger partial charge in [-0.2, -0.15) is 4.99 Å². The fourth-order valence-corrected chi connectivity index (χ4v) is 4.28. The maximum absolute atomic E-state index is 13.6. The maximum atomic E-state index is 13.6. The van der Waals surface area contributed by atoms with Gasteiger partial charge in [0.15, 0.2) is 4.80 Å². The quantitative estimate of drug-likeness (QED) is 0.510. The molecule has 7 heteroatoms. The molecule has 29 heavy (non-hydrogen) atoms. The minimum absolute atomic E-state index is 0.305. The van der Waals surface area contributed by atoms with Crippen LogP contribution in [-0.4, -0.2) is 36.8 Å². The van der Waals surface area contributed by atoms with Crippen molar-refractivity contribution >= 4 is 33.1 Å². The zero-order valence-electron chi connectivity index (χ0n) is 17.0. The molecule has 5 nitrogen and oxygen atoms in total. The van der Waals surface area contributed by atoms with Crippen LogP contribution in [0.15, 0.2) is 47.5 Å². The van der Waals surface area contributed by atoms with Crippen LogP contribution in [0.25, 0.3) is 10.2 Å². The predicted octanol–water partition coefficient (Wildman–Crippen LogP) is 4.47. The highest BCUT2D eigenvalue weighted by atomic mass is 32.1. The molecule has 1 heterocycles. The summed E-state index contributed by atoms with van der Waals surface area (Å²) < 4.78 is 21.8. The Kier molecular flexibility index (Phi) is 7.17. The normalized spacial score (nSPS) is 11.9. The number of thiazole rings is 1. The SMILES string of the molecule is CCOCCn1c(=NC(=O)c2ccc(N(CC)CC)cc2)sc2cc(F)ccc21. The number of anilines is 1. The zero-order valence-corrected chi connectivity index (χ0v) is 17.8. The van der Waals surface area contributed by atoms with Gasteiger partial charge in [0, 0.05) is 37.5 Å². The van der Waals surface area contributed by atoms with Crippen molar-refractivity contribution in [2.75, 3.05) is 31.2 Å². The van der Waals surface area contributed by atoms with Crippen LogP contribution in [0.2, 0.25) is 0 Å². The van der Waals surface area contributed by atoms with Crippen molar-refractivity contribution in [3.8, 4) is 0 Å². The van der Waals surface area contributed by atoms with Gasteiger partial charge in [0.25, 0.3) is 5.91 Å². The van der Waals surface area contributed by atoms with Gasteiger partial charge in [-0.15, -0.1) is 0 Å². The van der Waals surface area contributed by atoms with Gasteiger partial charge in [0.05, 0.1) is 16.8 Å². The summed E-state index contributed by atoms with van der Waals surface area (Å²) in [5.74, 6) is -0.617. The molecular formula is C22H26FN3O2S. The number of carbonyl (C=O) groups is 1.